The molecular weight excluding hydrogens is 352 g/mol. The smallest absolute Gasteiger partial charge is 0.264 e. The molecule has 1 fully saturated rings. The molecule has 2 heterocycles. The highest BCUT2D eigenvalue weighted by Gasteiger charge is 2.29. The SMILES string of the molecule is Cc1ccsc1C(=O)N1CCN(C(c2ccccc2)c2ccccc2)CC1. The number of hydrogen-bond donors (Lipinski definition) is 0. The molecule has 1 aliphatic rings. The number of nitrogens with zero attached hydrogens (tertiary/aromatic N) is 2. The van der Waals surface area contributed by atoms with Crippen LogP contribution in [0.4, 0.5) is 0 Å². The highest BCUT2D eigenvalue weighted by Crippen LogP contribution is 2.30. The lowest BCUT2D eigenvalue weighted by Crippen LogP contribution is -2.49. The quantitative estimate of drug-likeness (QED) is 0.664. The maximum Gasteiger partial charge on any atom is 0.264 e. The summed E-state index contributed by atoms with van der Waals surface area (Å²) in [6.07, 6.45) is 0. The Balaban J connectivity index is 1.52. The lowest BCUT2D eigenvalue weighted by atomic mass is 9.96. The Bertz CT molecular complexity index is 844. The van der Waals surface area contributed by atoms with Crippen LogP contribution in [0.1, 0.15) is 32.4 Å². The fourth-order valence-corrected chi connectivity index (χ4v) is 4.70. The number of carbonyl (C=O) groups is 1. The summed E-state index contributed by atoms with van der Waals surface area (Å²) >= 11 is 1.55. The van der Waals surface area contributed by atoms with Gasteiger partial charge in [0.2, 0.25) is 0 Å². The average molecular weight is 377 g/mol. The van der Waals surface area contributed by atoms with Gasteiger partial charge in [0.1, 0.15) is 0 Å². The third kappa shape index (κ3) is 3.82. The minimum absolute atomic E-state index is 0.179. The van der Waals surface area contributed by atoms with E-state index in [-0.39, 0.29) is 11.9 Å². The number of piperazine rings is 1. The van der Waals surface area contributed by atoms with Crippen LogP contribution in [0.3, 0.4) is 0 Å². The minimum atomic E-state index is 0.179. The molecule has 4 heteroatoms. The molecule has 27 heavy (non-hydrogen) atoms. The Morgan fingerprint density at radius 2 is 1.41 bits per heavy atom. The predicted molar refractivity (Wildman–Crippen MR) is 111 cm³/mol. The minimum Gasteiger partial charge on any atom is -0.335 e. The third-order valence-electron chi connectivity index (χ3n) is 5.25. The summed E-state index contributed by atoms with van der Waals surface area (Å²) in [5.74, 6) is 0.179. The molecule has 138 valence electrons. The Hall–Kier alpha value is -2.43. The summed E-state index contributed by atoms with van der Waals surface area (Å²) < 4.78 is 0. The predicted octanol–water partition coefficient (Wildman–Crippen LogP) is 4.60. The zero-order valence-electron chi connectivity index (χ0n) is 15.5. The van der Waals surface area contributed by atoms with Gasteiger partial charge in [-0.15, -0.1) is 11.3 Å². The maximum absolute atomic E-state index is 12.8. The molecule has 2 aromatic carbocycles. The lowest BCUT2D eigenvalue weighted by molar-refractivity contribution is 0.0601. The van der Waals surface area contributed by atoms with Crippen LogP contribution in [0.2, 0.25) is 0 Å². The Morgan fingerprint density at radius 1 is 0.852 bits per heavy atom. The van der Waals surface area contributed by atoms with E-state index in [1.807, 2.05) is 23.3 Å². The van der Waals surface area contributed by atoms with Crippen molar-refractivity contribution >= 4 is 17.2 Å². The summed E-state index contributed by atoms with van der Waals surface area (Å²) in [5, 5.41) is 2.00. The van der Waals surface area contributed by atoms with Crippen LogP contribution in [0.5, 0.6) is 0 Å². The fourth-order valence-electron chi connectivity index (χ4n) is 3.80. The Kier molecular flexibility index (Phi) is 5.37. The Labute approximate surface area is 164 Å². The number of hydrogen-bond acceptors (Lipinski definition) is 3. The van der Waals surface area contributed by atoms with Crippen molar-refractivity contribution in [2.24, 2.45) is 0 Å². The van der Waals surface area contributed by atoms with Crippen molar-refractivity contribution in [2.75, 3.05) is 26.2 Å². The molecule has 0 atom stereocenters. The van der Waals surface area contributed by atoms with Crippen LogP contribution in [0, 0.1) is 6.92 Å². The van der Waals surface area contributed by atoms with Crippen LogP contribution in [0.15, 0.2) is 72.1 Å². The number of aryl methyl sites for hydroxylation is 1. The molecule has 0 bridgehead atoms. The highest BCUT2D eigenvalue weighted by atomic mass is 32.1. The number of rotatable bonds is 4. The van der Waals surface area contributed by atoms with Gasteiger partial charge >= 0.3 is 0 Å². The van der Waals surface area contributed by atoms with E-state index < -0.39 is 0 Å². The van der Waals surface area contributed by atoms with E-state index in [4.69, 9.17) is 0 Å². The van der Waals surface area contributed by atoms with Crippen molar-refractivity contribution in [3.63, 3.8) is 0 Å². The molecule has 1 aromatic heterocycles. The van der Waals surface area contributed by atoms with Crippen LogP contribution in [-0.4, -0.2) is 41.9 Å². The van der Waals surface area contributed by atoms with Crippen molar-refractivity contribution in [1.82, 2.24) is 9.80 Å². The first-order chi connectivity index (χ1) is 13.2. The van der Waals surface area contributed by atoms with E-state index in [0.717, 1.165) is 36.6 Å². The van der Waals surface area contributed by atoms with E-state index in [1.54, 1.807) is 11.3 Å². The average Bonchev–Trinajstić information content (AvgIpc) is 3.16. The molecule has 1 aliphatic heterocycles. The van der Waals surface area contributed by atoms with Crippen molar-refractivity contribution in [3.8, 4) is 0 Å². The van der Waals surface area contributed by atoms with Crippen LogP contribution >= 0.6 is 11.3 Å². The zero-order valence-corrected chi connectivity index (χ0v) is 16.4. The number of thiophene rings is 1. The third-order valence-corrected chi connectivity index (χ3v) is 6.26. The number of carbonyl (C=O) groups excluding carboxylic acids is 1. The molecule has 1 saturated heterocycles. The first-order valence-electron chi connectivity index (χ1n) is 9.41. The second kappa shape index (κ2) is 8.07. The molecule has 1 amide bonds. The van der Waals surface area contributed by atoms with Crippen molar-refractivity contribution < 1.29 is 4.79 Å². The van der Waals surface area contributed by atoms with Gasteiger partial charge in [0.15, 0.2) is 0 Å². The molecule has 0 aliphatic carbocycles. The molecule has 0 radical (unpaired) electrons. The summed E-state index contributed by atoms with van der Waals surface area (Å²) in [6, 6.07) is 23.6. The first-order valence-corrected chi connectivity index (χ1v) is 10.3. The molecule has 0 saturated carbocycles. The van der Waals surface area contributed by atoms with E-state index >= 15 is 0 Å². The number of amides is 1. The standard InChI is InChI=1S/C23H24N2OS/c1-18-12-17-27-22(18)23(26)25-15-13-24(14-16-25)21(19-8-4-2-5-9-19)20-10-6-3-7-11-20/h2-12,17,21H,13-16H2,1H3. The van der Waals surface area contributed by atoms with Gasteiger partial charge in [0, 0.05) is 26.2 Å². The molecule has 0 spiro atoms. The van der Waals surface area contributed by atoms with Crippen molar-refractivity contribution in [3.05, 3.63) is 93.7 Å². The van der Waals surface area contributed by atoms with E-state index in [1.165, 1.54) is 11.1 Å². The van der Waals surface area contributed by atoms with E-state index in [0.29, 0.717) is 0 Å². The van der Waals surface area contributed by atoms with Gasteiger partial charge in [-0.25, -0.2) is 0 Å². The summed E-state index contributed by atoms with van der Waals surface area (Å²) in [6.45, 7) is 5.31. The van der Waals surface area contributed by atoms with Gasteiger partial charge in [-0.05, 0) is 35.1 Å². The van der Waals surface area contributed by atoms with Crippen LogP contribution in [-0.2, 0) is 0 Å². The van der Waals surface area contributed by atoms with Gasteiger partial charge in [0.05, 0.1) is 10.9 Å². The van der Waals surface area contributed by atoms with E-state index in [9.17, 15) is 4.79 Å². The van der Waals surface area contributed by atoms with Gasteiger partial charge in [-0.2, -0.15) is 0 Å². The normalized spacial score (nSPS) is 15.3. The number of benzene rings is 2. The Morgan fingerprint density at radius 3 is 1.89 bits per heavy atom. The lowest BCUT2D eigenvalue weighted by Gasteiger charge is -2.39. The maximum atomic E-state index is 12.8. The molecular formula is C23H24N2OS. The second-order valence-corrected chi connectivity index (χ2v) is 7.90. The van der Waals surface area contributed by atoms with E-state index in [2.05, 4.69) is 65.6 Å². The first kappa shape index (κ1) is 18.0. The highest BCUT2D eigenvalue weighted by molar-refractivity contribution is 7.12. The van der Waals surface area contributed by atoms with Crippen LogP contribution < -0.4 is 0 Å². The summed E-state index contributed by atoms with van der Waals surface area (Å²) in [7, 11) is 0. The van der Waals surface area contributed by atoms with Gasteiger partial charge in [-0.1, -0.05) is 60.7 Å². The fraction of sp³-hybridized carbons (Fsp3) is 0.261. The summed E-state index contributed by atoms with van der Waals surface area (Å²) in [5.41, 5.74) is 3.69. The molecule has 3 aromatic rings. The van der Waals surface area contributed by atoms with Crippen molar-refractivity contribution in [2.45, 2.75) is 13.0 Å². The molecule has 0 unspecified atom stereocenters. The van der Waals surface area contributed by atoms with Gasteiger partial charge < -0.3 is 4.90 Å². The van der Waals surface area contributed by atoms with Crippen molar-refractivity contribution in [1.29, 1.82) is 0 Å². The summed E-state index contributed by atoms with van der Waals surface area (Å²) in [4.78, 5) is 18.2. The van der Waals surface area contributed by atoms with Gasteiger partial charge in [0.25, 0.3) is 5.91 Å². The van der Waals surface area contributed by atoms with Crippen LogP contribution in [0.25, 0.3) is 0 Å². The molecule has 4 rings (SSSR count). The second-order valence-electron chi connectivity index (χ2n) is 6.98. The zero-order chi connectivity index (χ0) is 18.6. The van der Waals surface area contributed by atoms with Gasteiger partial charge in [-0.3, -0.25) is 9.69 Å². The largest absolute Gasteiger partial charge is 0.335 e. The monoisotopic (exact) mass is 376 g/mol. The molecule has 3 nitrogen and oxygen atoms in total. The molecule has 0 N–H and O–H groups in total. The topological polar surface area (TPSA) is 23.6 Å².